The molecule has 1 atom stereocenters. The van der Waals surface area contributed by atoms with Gasteiger partial charge in [0, 0.05) is 10.9 Å². The quantitative estimate of drug-likeness (QED) is 0.720. The number of hydrogen-bond acceptors (Lipinski definition) is 2. The van der Waals surface area contributed by atoms with Crippen molar-refractivity contribution in [1.29, 1.82) is 0 Å². The van der Waals surface area contributed by atoms with Crippen LogP contribution in [0.1, 0.15) is 44.9 Å². The van der Waals surface area contributed by atoms with Gasteiger partial charge in [-0.1, -0.05) is 26.8 Å². The topological polar surface area (TPSA) is 12.0 Å². The summed E-state index contributed by atoms with van der Waals surface area (Å²) in [6.07, 6.45) is 5.08. The van der Waals surface area contributed by atoms with Gasteiger partial charge in [0.1, 0.15) is 0 Å². The van der Waals surface area contributed by atoms with Crippen molar-refractivity contribution in [3.05, 3.63) is 22.4 Å². The van der Waals surface area contributed by atoms with Crippen molar-refractivity contribution in [2.75, 3.05) is 6.54 Å². The molecule has 1 aromatic heterocycles. The normalized spacial score (nSPS) is 13.2. The number of aryl methyl sites for hydroxylation is 1. The number of hydrogen-bond donors (Lipinski definition) is 1. The molecule has 0 bridgehead atoms. The van der Waals surface area contributed by atoms with E-state index in [1.54, 1.807) is 0 Å². The third-order valence-electron chi connectivity index (χ3n) is 2.98. The fraction of sp³-hybridized carbons (Fsp3) is 0.714. The Balaban J connectivity index is 2.21. The summed E-state index contributed by atoms with van der Waals surface area (Å²) in [5.41, 5.74) is 0. The van der Waals surface area contributed by atoms with Gasteiger partial charge in [-0.15, -0.1) is 11.3 Å². The predicted molar refractivity (Wildman–Crippen MR) is 74.2 cm³/mol. The lowest BCUT2D eigenvalue weighted by Crippen LogP contribution is -2.34. The molecule has 1 N–H and O–H groups in total. The van der Waals surface area contributed by atoms with E-state index in [1.807, 2.05) is 11.3 Å². The molecule has 0 radical (unpaired) electrons. The molecular weight excluding hydrogens is 214 g/mol. The summed E-state index contributed by atoms with van der Waals surface area (Å²) in [5.74, 6) is 0.745. The van der Waals surface area contributed by atoms with Gasteiger partial charge in [-0.2, -0.15) is 0 Å². The Bertz CT molecular complexity index is 254. The zero-order chi connectivity index (χ0) is 11.8. The van der Waals surface area contributed by atoms with Crippen LogP contribution in [0.5, 0.6) is 0 Å². The van der Waals surface area contributed by atoms with Crippen LogP contribution in [0.25, 0.3) is 0 Å². The zero-order valence-electron chi connectivity index (χ0n) is 10.8. The highest BCUT2D eigenvalue weighted by molar-refractivity contribution is 7.09. The van der Waals surface area contributed by atoms with Crippen molar-refractivity contribution < 1.29 is 0 Å². The van der Waals surface area contributed by atoms with E-state index in [9.17, 15) is 0 Å². The van der Waals surface area contributed by atoms with Crippen LogP contribution in [0.2, 0.25) is 0 Å². The highest BCUT2D eigenvalue weighted by Gasteiger charge is 2.11. The Labute approximate surface area is 104 Å². The van der Waals surface area contributed by atoms with Crippen LogP contribution >= 0.6 is 11.3 Å². The molecule has 1 nitrogen and oxygen atoms in total. The SMILES string of the molecule is CCCNC(CCCc1cccs1)C(C)C. The Morgan fingerprint density at radius 3 is 2.75 bits per heavy atom. The minimum Gasteiger partial charge on any atom is -0.314 e. The molecule has 16 heavy (non-hydrogen) atoms. The van der Waals surface area contributed by atoms with Gasteiger partial charge in [0.05, 0.1) is 0 Å². The molecule has 1 heterocycles. The minimum absolute atomic E-state index is 0.694. The van der Waals surface area contributed by atoms with E-state index in [0.717, 1.165) is 12.5 Å². The summed E-state index contributed by atoms with van der Waals surface area (Å²) in [6.45, 7) is 8.02. The van der Waals surface area contributed by atoms with Gasteiger partial charge in [-0.05, 0) is 49.6 Å². The molecule has 1 unspecified atom stereocenters. The number of thiophene rings is 1. The first-order valence-electron chi connectivity index (χ1n) is 6.49. The first-order valence-corrected chi connectivity index (χ1v) is 7.37. The first kappa shape index (κ1) is 13.7. The molecule has 0 spiro atoms. The van der Waals surface area contributed by atoms with Crippen LogP contribution in [0, 0.1) is 5.92 Å². The van der Waals surface area contributed by atoms with E-state index in [-0.39, 0.29) is 0 Å². The van der Waals surface area contributed by atoms with Crippen LogP contribution in [0.15, 0.2) is 17.5 Å². The van der Waals surface area contributed by atoms with Crippen LogP contribution in [-0.4, -0.2) is 12.6 Å². The molecule has 0 saturated heterocycles. The van der Waals surface area contributed by atoms with Gasteiger partial charge in [-0.25, -0.2) is 0 Å². The summed E-state index contributed by atoms with van der Waals surface area (Å²) in [4.78, 5) is 1.53. The number of rotatable bonds is 8. The van der Waals surface area contributed by atoms with Crippen molar-refractivity contribution in [2.45, 2.75) is 52.5 Å². The maximum absolute atomic E-state index is 3.65. The zero-order valence-corrected chi connectivity index (χ0v) is 11.6. The van der Waals surface area contributed by atoms with Gasteiger partial charge in [0.2, 0.25) is 0 Å². The van der Waals surface area contributed by atoms with Crippen LogP contribution in [0.4, 0.5) is 0 Å². The molecule has 0 aliphatic carbocycles. The average Bonchev–Trinajstić information content (AvgIpc) is 2.75. The Morgan fingerprint density at radius 1 is 1.38 bits per heavy atom. The Hall–Kier alpha value is -0.340. The fourth-order valence-electron chi connectivity index (χ4n) is 1.95. The van der Waals surface area contributed by atoms with E-state index < -0.39 is 0 Å². The summed E-state index contributed by atoms with van der Waals surface area (Å²) in [6, 6.07) is 5.09. The molecule has 0 fully saturated rings. The van der Waals surface area contributed by atoms with E-state index in [0.29, 0.717) is 6.04 Å². The monoisotopic (exact) mass is 239 g/mol. The van der Waals surface area contributed by atoms with Gasteiger partial charge >= 0.3 is 0 Å². The smallest absolute Gasteiger partial charge is 0.00901 e. The highest BCUT2D eigenvalue weighted by Crippen LogP contribution is 2.15. The maximum atomic E-state index is 3.65. The fourth-order valence-corrected chi connectivity index (χ4v) is 2.70. The van der Waals surface area contributed by atoms with E-state index >= 15 is 0 Å². The van der Waals surface area contributed by atoms with Gasteiger partial charge in [0.25, 0.3) is 0 Å². The highest BCUT2D eigenvalue weighted by atomic mass is 32.1. The summed E-state index contributed by atoms with van der Waals surface area (Å²) < 4.78 is 0. The molecule has 0 aliphatic heterocycles. The second kappa shape index (κ2) is 7.86. The Kier molecular flexibility index (Phi) is 6.74. The van der Waals surface area contributed by atoms with Crippen LogP contribution < -0.4 is 5.32 Å². The van der Waals surface area contributed by atoms with Crippen molar-refractivity contribution in [3.63, 3.8) is 0 Å². The van der Waals surface area contributed by atoms with E-state index in [4.69, 9.17) is 0 Å². The molecule has 0 amide bonds. The molecule has 1 aromatic rings. The molecule has 0 aromatic carbocycles. The van der Waals surface area contributed by atoms with Gasteiger partial charge in [-0.3, -0.25) is 0 Å². The lowest BCUT2D eigenvalue weighted by atomic mass is 9.98. The van der Waals surface area contributed by atoms with Crippen molar-refractivity contribution in [1.82, 2.24) is 5.32 Å². The summed E-state index contributed by atoms with van der Waals surface area (Å²) >= 11 is 1.88. The van der Waals surface area contributed by atoms with Crippen molar-refractivity contribution in [2.24, 2.45) is 5.92 Å². The molecule has 2 heteroatoms. The van der Waals surface area contributed by atoms with E-state index in [2.05, 4.69) is 43.6 Å². The summed E-state index contributed by atoms with van der Waals surface area (Å²) in [5, 5.41) is 5.82. The third kappa shape index (κ3) is 5.13. The molecule has 1 rings (SSSR count). The third-order valence-corrected chi connectivity index (χ3v) is 3.92. The number of nitrogens with one attached hydrogen (secondary N) is 1. The largest absolute Gasteiger partial charge is 0.314 e. The Morgan fingerprint density at radius 2 is 2.19 bits per heavy atom. The lowest BCUT2D eigenvalue weighted by Gasteiger charge is -2.22. The average molecular weight is 239 g/mol. The summed E-state index contributed by atoms with van der Waals surface area (Å²) in [7, 11) is 0. The van der Waals surface area contributed by atoms with Crippen molar-refractivity contribution in [3.8, 4) is 0 Å². The predicted octanol–water partition coefficient (Wildman–Crippen LogP) is 4.10. The molecule has 0 saturated carbocycles. The molecular formula is C14H25NS. The van der Waals surface area contributed by atoms with Crippen molar-refractivity contribution >= 4 is 11.3 Å². The molecule has 92 valence electrons. The van der Waals surface area contributed by atoms with Gasteiger partial charge in [0.15, 0.2) is 0 Å². The maximum Gasteiger partial charge on any atom is 0.00901 e. The van der Waals surface area contributed by atoms with Crippen LogP contribution in [-0.2, 0) is 6.42 Å². The lowest BCUT2D eigenvalue weighted by molar-refractivity contribution is 0.371. The first-order chi connectivity index (χ1) is 7.74. The standard InChI is InChI=1S/C14H25NS/c1-4-10-15-14(12(2)3)9-5-7-13-8-6-11-16-13/h6,8,11-12,14-15H,4-5,7,9-10H2,1-3H3. The second-order valence-corrected chi connectivity index (χ2v) is 5.81. The minimum atomic E-state index is 0.694. The van der Waals surface area contributed by atoms with Crippen LogP contribution in [0.3, 0.4) is 0 Å². The van der Waals surface area contributed by atoms with Gasteiger partial charge < -0.3 is 5.32 Å². The molecule has 0 aliphatic rings. The van der Waals surface area contributed by atoms with E-state index in [1.165, 1.54) is 30.6 Å². The second-order valence-electron chi connectivity index (χ2n) is 4.78.